The first-order valence-electron chi connectivity index (χ1n) is 4.99. The summed E-state index contributed by atoms with van der Waals surface area (Å²) in [5.41, 5.74) is 0. The Labute approximate surface area is 115 Å². The van der Waals surface area contributed by atoms with Gasteiger partial charge in [0.15, 0.2) is 0 Å². The molecule has 0 aliphatic carbocycles. The highest BCUT2D eigenvalue weighted by Gasteiger charge is 2.09. The molecule has 0 amide bonds. The van der Waals surface area contributed by atoms with E-state index in [2.05, 4.69) is 25.5 Å². The van der Waals surface area contributed by atoms with Gasteiger partial charge in [0.25, 0.3) is 0 Å². The van der Waals surface area contributed by atoms with E-state index in [0.717, 1.165) is 15.4 Å². The zero-order valence-corrected chi connectivity index (χ0v) is 11.6. The topological polar surface area (TPSA) is 69.4 Å². The SMILES string of the molecule is Cn1nnnc1SCc1nc(Cl)c2ccsc2n1. The molecule has 0 atom stereocenters. The van der Waals surface area contributed by atoms with Crippen molar-refractivity contribution in [2.45, 2.75) is 10.9 Å². The predicted molar refractivity (Wildman–Crippen MR) is 70.8 cm³/mol. The van der Waals surface area contributed by atoms with Crippen LogP contribution in [0.2, 0.25) is 5.15 Å². The number of aryl methyl sites for hydroxylation is 1. The van der Waals surface area contributed by atoms with Crippen molar-refractivity contribution in [3.05, 3.63) is 22.4 Å². The Hall–Kier alpha value is -1.25. The fourth-order valence-corrected chi connectivity index (χ4v) is 3.19. The Balaban J connectivity index is 1.84. The van der Waals surface area contributed by atoms with Crippen LogP contribution in [0.4, 0.5) is 0 Å². The quantitative estimate of drug-likeness (QED) is 0.545. The zero-order chi connectivity index (χ0) is 12.5. The molecule has 3 heterocycles. The standard InChI is InChI=1S/C9H7ClN6S2/c1-16-9(13-14-15-16)18-4-6-11-7(10)5-2-3-17-8(5)12-6/h2-3H,4H2,1H3. The summed E-state index contributed by atoms with van der Waals surface area (Å²) in [5, 5.41) is 15.3. The number of fused-ring (bicyclic) bond motifs is 1. The number of rotatable bonds is 3. The maximum atomic E-state index is 6.10. The molecule has 0 saturated heterocycles. The summed E-state index contributed by atoms with van der Waals surface area (Å²) in [6.07, 6.45) is 0. The smallest absolute Gasteiger partial charge is 0.209 e. The lowest BCUT2D eigenvalue weighted by molar-refractivity contribution is 0.664. The van der Waals surface area contributed by atoms with Crippen molar-refractivity contribution in [3.8, 4) is 0 Å². The highest BCUT2D eigenvalue weighted by atomic mass is 35.5. The molecule has 0 aliphatic rings. The van der Waals surface area contributed by atoms with Crippen LogP contribution in [-0.2, 0) is 12.8 Å². The highest BCUT2D eigenvalue weighted by Crippen LogP contribution is 2.26. The minimum absolute atomic E-state index is 0.493. The van der Waals surface area contributed by atoms with Gasteiger partial charge in [0.05, 0.1) is 5.75 Å². The van der Waals surface area contributed by atoms with Crippen molar-refractivity contribution in [1.29, 1.82) is 0 Å². The molecule has 0 fully saturated rings. The van der Waals surface area contributed by atoms with Crippen LogP contribution in [0.15, 0.2) is 16.6 Å². The third-order valence-electron chi connectivity index (χ3n) is 2.24. The Bertz CT molecular complexity index is 693. The fraction of sp³-hybridized carbons (Fsp3) is 0.222. The average molecular weight is 299 g/mol. The van der Waals surface area contributed by atoms with Gasteiger partial charge in [-0.25, -0.2) is 14.6 Å². The molecule has 0 aromatic carbocycles. The lowest BCUT2D eigenvalue weighted by Gasteiger charge is -2.00. The Morgan fingerprint density at radius 1 is 1.44 bits per heavy atom. The molecule has 3 aromatic rings. The van der Waals surface area contributed by atoms with Gasteiger partial charge in [-0.1, -0.05) is 23.4 Å². The largest absolute Gasteiger partial charge is 0.224 e. The molecule has 0 aliphatic heterocycles. The van der Waals surface area contributed by atoms with Gasteiger partial charge in [0.2, 0.25) is 5.16 Å². The molecule has 0 bridgehead atoms. The molecule has 0 unspecified atom stereocenters. The van der Waals surface area contributed by atoms with Crippen LogP contribution in [0.5, 0.6) is 0 Å². The van der Waals surface area contributed by atoms with E-state index in [4.69, 9.17) is 11.6 Å². The summed E-state index contributed by atoms with van der Waals surface area (Å²) in [7, 11) is 1.79. The van der Waals surface area contributed by atoms with Crippen LogP contribution in [-0.4, -0.2) is 30.2 Å². The second kappa shape index (κ2) is 4.79. The maximum Gasteiger partial charge on any atom is 0.209 e. The normalized spacial score (nSPS) is 11.2. The molecule has 3 aromatic heterocycles. The van der Waals surface area contributed by atoms with Crippen molar-refractivity contribution in [2.24, 2.45) is 7.05 Å². The second-order valence-corrected chi connectivity index (χ2v) is 5.64. The Kier molecular flexibility index (Phi) is 3.14. The number of hydrogen-bond acceptors (Lipinski definition) is 7. The van der Waals surface area contributed by atoms with Gasteiger partial charge in [-0.2, -0.15) is 0 Å². The third kappa shape index (κ3) is 2.18. The molecule has 0 radical (unpaired) electrons. The summed E-state index contributed by atoms with van der Waals surface area (Å²) < 4.78 is 1.61. The Morgan fingerprint density at radius 3 is 3.11 bits per heavy atom. The monoisotopic (exact) mass is 298 g/mol. The van der Waals surface area contributed by atoms with Crippen LogP contribution < -0.4 is 0 Å². The predicted octanol–water partition coefficient (Wildman–Crippen LogP) is 2.16. The van der Waals surface area contributed by atoms with Crippen LogP contribution in [0.1, 0.15) is 5.82 Å². The lowest BCUT2D eigenvalue weighted by atomic mass is 10.4. The van der Waals surface area contributed by atoms with E-state index in [1.165, 1.54) is 11.8 Å². The molecule has 9 heteroatoms. The van der Waals surface area contributed by atoms with Gasteiger partial charge < -0.3 is 0 Å². The fourth-order valence-electron chi connectivity index (χ4n) is 1.40. The van der Waals surface area contributed by atoms with E-state index in [9.17, 15) is 0 Å². The number of hydrogen-bond donors (Lipinski definition) is 0. The second-order valence-electron chi connectivity index (χ2n) is 3.44. The summed E-state index contributed by atoms with van der Waals surface area (Å²) in [5.74, 6) is 1.27. The number of aromatic nitrogens is 6. The number of halogens is 1. The summed E-state index contributed by atoms with van der Waals surface area (Å²) in [6, 6.07) is 1.92. The first-order valence-corrected chi connectivity index (χ1v) is 7.23. The van der Waals surface area contributed by atoms with Gasteiger partial charge in [-0.3, -0.25) is 0 Å². The van der Waals surface area contributed by atoms with E-state index in [1.54, 1.807) is 23.1 Å². The minimum atomic E-state index is 0.493. The van der Waals surface area contributed by atoms with E-state index in [-0.39, 0.29) is 0 Å². The van der Waals surface area contributed by atoms with Crippen molar-refractivity contribution < 1.29 is 0 Å². The van der Waals surface area contributed by atoms with Gasteiger partial charge in [0.1, 0.15) is 15.8 Å². The first-order chi connectivity index (χ1) is 8.74. The molecule has 0 saturated carbocycles. The van der Waals surface area contributed by atoms with Crippen LogP contribution in [0, 0.1) is 0 Å². The van der Waals surface area contributed by atoms with Gasteiger partial charge in [-0.15, -0.1) is 16.4 Å². The summed E-state index contributed by atoms with van der Waals surface area (Å²) in [4.78, 5) is 9.62. The molecule has 92 valence electrons. The minimum Gasteiger partial charge on any atom is -0.224 e. The van der Waals surface area contributed by atoms with Crippen LogP contribution >= 0.6 is 34.7 Å². The molecule has 18 heavy (non-hydrogen) atoms. The molecule has 0 spiro atoms. The molecular weight excluding hydrogens is 292 g/mol. The van der Waals surface area contributed by atoms with E-state index < -0.39 is 0 Å². The van der Waals surface area contributed by atoms with Gasteiger partial charge in [-0.05, 0) is 21.9 Å². The number of tetrazole rings is 1. The van der Waals surface area contributed by atoms with Crippen molar-refractivity contribution in [1.82, 2.24) is 30.2 Å². The number of nitrogens with zero attached hydrogens (tertiary/aromatic N) is 6. The molecular formula is C9H7ClN6S2. The third-order valence-corrected chi connectivity index (χ3v) is 4.34. The zero-order valence-electron chi connectivity index (χ0n) is 9.24. The molecule has 0 N–H and O–H groups in total. The lowest BCUT2D eigenvalue weighted by Crippen LogP contribution is -1.96. The highest BCUT2D eigenvalue weighted by molar-refractivity contribution is 7.98. The van der Waals surface area contributed by atoms with Crippen LogP contribution in [0.25, 0.3) is 10.2 Å². The van der Waals surface area contributed by atoms with E-state index >= 15 is 0 Å². The van der Waals surface area contributed by atoms with E-state index in [0.29, 0.717) is 16.7 Å². The molecule has 3 rings (SSSR count). The van der Waals surface area contributed by atoms with E-state index in [1.807, 2.05) is 11.4 Å². The Morgan fingerprint density at radius 2 is 2.33 bits per heavy atom. The molecule has 6 nitrogen and oxygen atoms in total. The first kappa shape index (κ1) is 11.8. The van der Waals surface area contributed by atoms with Crippen molar-refractivity contribution >= 4 is 44.9 Å². The number of thioether (sulfide) groups is 1. The van der Waals surface area contributed by atoms with Gasteiger partial charge in [0, 0.05) is 12.4 Å². The maximum absolute atomic E-state index is 6.10. The number of thiophene rings is 1. The van der Waals surface area contributed by atoms with Crippen molar-refractivity contribution in [2.75, 3.05) is 0 Å². The van der Waals surface area contributed by atoms with Crippen LogP contribution in [0.3, 0.4) is 0 Å². The summed E-state index contributed by atoms with van der Waals surface area (Å²) >= 11 is 9.12. The summed E-state index contributed by atoms with van der Waals surface area (Å²) in [6.45, 7) is 0. The van der Waals surface area contributed by atoms with Crippen molar-refractivity contribution in [3.63, 3.8) is 0 Å². The average Bonchev–Trinajstić information content (AvgIpc) is 2.95. The van der Waals surface area contributed by atoms with Gasteiger partial charge >= 0.3 is 0 Å².